The fraction of sp³-hybridized carbons (Fsp3) is 0.600. The molecule has 0 aromatic carbocycles. The van der Waals surface area contributed by atoms with Crippen LogP contribution in [0.25, 0.3) is 0 Å². The molecule has 5 N–H and O–H groups in total. The summed E-state index contributed by atoms with van der Waals surface area (Å²) in [6.07, 6.45) is 0.367. The number of nitrogens with one attached hydrogen (secondary N) is 4. The summed E-state index contributed by atoms with van der Waals surface area (Å²) in [5.74, 6) is -1.49. The number of aliphatic hydroxyl groups is 1. The number of rotatable bonds is 9. The van der Waals surface area contributed by atoms with Crippen LogP contribution < -0.4 is 21.3 Å². The molecule has 0 spiro atoms. The molecule has 0 bridgehead atoms. The van der Waals surface area contributed by atoms with Gasteiger partial charge < -0.3 is 26.4 Å². The molecule has 108 valence electrons. The highest BCUT2D eigenvalue weighted by Gasteiger charge is 2.09. The van der Waals surface area contributed by atoms with E-state index in [1.807, 2.05) is 0 Å². The van der Waals surface area contributed by atoms with Gasteiger partial charge in [-0.2, -0.15) is 0 Å². The van der Waals surface area contributed by atoms with Crippen molar-refractivity contribution in [3.05, 3.63) is 0 Å². The van der Waals surface area contributed by atoms with Crippen LogP contribution in [-0.4, -0.2) is 61.5 Å². The number of aliphatic hydroxyl groups excluding tert-OH is 1. The van der Waals surface area contributed by atoms with E-state index in [4.69, 9.17) is 5.11 Å². The Bertz CT molecular complexity index is 334. The average Bonchev–Trinajstić information content (AvgIpc) is 2.40. The van der Waals surface area contributed by atoms with Gasteiger partial charge in [0.2, 0.25) is 24.1 Å². The van der Waals surface area contributed by atoms with Gasteiger partial charge in [0.1, 0.15) is 0 Å². The van der Waals surface area contributed by atoms with Crippen molar-refractivity contribution in [3.63, 3.8) is 0 Å². The fourth-order valence-electron chi connectivity index (χ4n) is 0.989. The summed E-state index contributed by atoms with van der Waals surface area (Å²) in [6, 6.07) is -0.390. The minimum Gasteiger partial charge on any atom is -0.394 e. The number of amides is 4. The number of hydrogen-bond donors (Lipinski definition) is 5. The second-order valence-corrected chi connectivity index (χ2v) is 3.70. The van der Waals surface area contributed by atoms with Crippen molar-refractivity contribution in [3.8, 4) is 0 Å². The maximum atomic E-state index is 11.2. The van der Waals surface area contributed by atoms with Crippen molar-refractivity contribution >= 4 is 24.1 Å². The number of hydrogen-bond acceptors (Lipinski definition) is 5. The first-order valence-electron chi connectivity index (χ1n) is 5.60. The molecule has 0 fully saturated rings. The Balaban J connectivity index is 3.72. The van der Waals surface area contributed by atoms with Gasteiger partial charge in [-0.1, -0.05) is 0 Å². The van der Waals surface area contributed by atoms with Gasteiger partial charge in [-0.25, -0.2) is 0 Å². The van der Waals surface area contributed by atoms with Crippen LogP contribution in [0.15, 0.2) is 0 Å². The molecule has 0 heterocycles. The van der Waals surface area contributed by atoms with Gasteiger partial charge in [0.25, 0.3) is 0 Å². The Morgan fingerprint density at radius 1 is 1.05 bits per heavy atom. The number of carbonyl (C=O) groups excluding carboxylic acids is 4. The molecule has 19 heavy (non-hydrogen) atoms. The van der Waals surface area contributed by atoms with Gasteiger partial charge >= 0.3 is 0 Å². The Morgan fingerprint density at radius 3 is 2.11 bits per heavy atom. The van der Waals surface area contributed by atoms with E-state index in [0.717, 1.165) is 0 Å². The van der Waals surface area contributed by atoms with Gasteiger partial charge in [0.15, 0.2) is 0 Å². The summed E-state index contributed by atoms with van der Waals surface area (Å²) in [7, 11) is 0. The molecule has 0 saturated carbocycles. The first kappa shape index (κ1) is 16.8. The van der Waals surface area contributed by atoms with E-state index in [2.05, 4.69) is 21.3 Å². The van der Waals surface area contributed by atoms with Crippen molar-refractivity contribution in [1.29, 1.82) is 0 Å². The fourth-order valence-corrected chi connectivity index (χ4v) is 0.989. The molecule has 0 aliphatic carbocycles. The van der Waals surface area contributed by atoms with Crippen molar-refractivity contribution < 1.29 is 24.3 Å². The third kappa shape index (κ3) is 9.53. The van der Waals surface area contributed by atoms with Crippen LogP contribution in [-0.2, 0) is 19.2 Å². The first-order chi connectivity index (χ1) is 8.99. The van der Waals surface area contributed by atoms with E-state index < -0.39 is 23.8 Å². The predicted molar refractivity (Wildman–Crippen MR) is 64.8 cm³/mol. The van der Waals surface area contributed by atoms with E-state index in [0.29, 0.717) is 6.41 Å². The summed E-state index contributed by atoms with van der Waals surface area (Å²) in [5, 5.41) is 17.8. The smallest absolute Gasteiger partial charge is 0.239 e. The molecule has 0 saturated heterocycles. The third-order valence-corrected chi connectivity index (χ3v) is 1.92. The lowest BCUT2D eigenvalue weighted by atomic mass is 10.3. The SMILES string of the molecule is CC(CO)NC(=O)CNC(=O)CNC(=O)CNC=O. The van der Waals surface area contributed by atoms with Crippen LogP contribution in [0.1, 0.15) is 6.92 Å². The van der Waals surface area contributed by atoms with Gasteiger partial charge in [0.05, 0.1) is 26.2 Å². The third-order valence-electron chi connectivity index (χ3n) is 1.92. The first-order valence-corrected chi connectivity index (χ1v) is 5.60. The molecule has 0 radical (unpaired) electrons. The van der Waals surface area contributed by atoms with Gasteiger partial charge in [0, 0.05) is 6.04 Å². The van der Waals surface area contributed by atoms with Crippen LogP contribution in [0, 0.1) is 0 Å². The molecule has 0 aliphatic heterocycles. The summed E-state index contributed by atoms with van der Waals surface area (Å²) < 4.78 is 0. The monoisotopic (exact) mass is 274 g/mol. The van der Waals surface area contributed by atoms with Crippen LogP contribution in [0.2, 0.25) is 0 Å². The minimum absolute atomic E-state index is 0.195. The second kappa shape index (κ2) is 9.83. The summed E-state index contributed by atoms with van der Waals surface area (Å²) >= 11 is 0. The topological polar surface area (TPSA) is 137 Å². The summed E-state index contributed by atoms with van der Waals surface area (Å²) in [4.78, 5) is 43.4. The number of carbonyl (C=O) groups is 4. The maximum absolute atomic E-state index is 11.2. The standard InChI is InChI=1S/C10H18N4O5/c1-7(5-15)14-10(19)4-13-9(18)3-12-8(17)2-11-6-16/h6-7,15H,2-5H2,1H3,(H,11,16)(H,12,17)(H,13,18)(H,14,19). The van der Waals surface area contributed by atoms with Crippen molar-refractivity contribution in [2.24, 2.45) is 0 Å². The molecule has 0 aliphatic rings. The van der Waals surface area contributed by atoms with E-state index >= 15 is 0 Å². The maximum Gasteiger partial charge on any atom is 0.239 e. The van der Waals surface area contributed by atoms with Crippen LogP contribution in [0.5, 0.6) is 0 Å². The van der Waals surface area contributed by atoms with Gasteiger partial charge in [-0.3, -0.25) is 19.2 Å². The van der Waals surface area contributed by atoms with Gasteiger partial charge in [-0.05, 0) is 6.92 Å². The summed E-state index contributed by atoms with van der Waals surface area (Å²) in [5.41, 5.74) is 0. The lowest BCUT2D eigenvalue weighted by molar-refractivity contribution is -0.128. The Hall–Kier alpha value is -2.16. The average molecular weight is 274 g/mol. The van der Waals surface area contributed by atoms with E-state index in [1.165, 1.54) is 0 Å². The minimum atomic E-state index is -0.536. The molecular weight excluding hydrogens is 256 g/mol. The zero-order valence-electron chi connectivity index (χ0n) is 10.6. The zero-order valence-corrected chi connectivity index (χ0v) is 10.6. The highest BCUT2D eigenvalue weighted by molar-refractivity contribution is 5.88. The lowest BCUT2D eigenvalue weighted by Gasteiger charge is -2.11. The van der Waals surface area contributed by atoms with E-state index in [9.17, 15) is 19.2 Å². The Morgan fingerprint density at radius 2 is 1.58 bits per heavy atom. The van der Waals surface area contributed by atoms with Gasteiger partial charge in [-0.15, -0.1) is 0 Å². The molecule has 0 aromatic rings. The van der Waals surface area contributed by atoms with Crippen LogP contribution >= 0.6 is 0 Å². The van der Waals surface area contributed by atoms with Crippen LogP contribution in [0.4, 0.5) is 0 Å². The molecule has 4 amide bonds. The molecule has 0 aromatic heterocycles. The molecule has 9 nitrogen and oxygen atoms in total. The van der Waals surface area contributed by atoms with Crippen molar-refractivity contribution in [2.75, 3.05) is 26.2 Å². The second-order valence-electron chi connectivity index (χ2n) is 3.70. The molecule has 1 atom stereocenters. The molecule has 9 heteroatoms. The quantitative estimate of drug-likeness (QED) is 0.277. The molecule has 0 rings (SSSR count). The summed E-state index contributed by atoms with van der Waals surface area (Å²) in [6.45, 7) is 0.665. The molecular formula is C10H18N4O5. The normalized spacial score (nSPS) is 11.1. The lowest BCUT2D eigenvalue weighted by Crippen LogP contribution is -2.45. The van der Waals surface area contributed by atoms with E-state index in [1.54, 1.807) is 6.92 Å². The zero-order chi connectivity index (χ0) is 14.7. The molecule has 1 unspecified atom stereocenters. The largest absolute Gasteiger partial charge is 0.394 e. The highest BCUT2D eigenvalue weighted by atomic mass is 16.3. The van der Waals surface area contributed by atoms with E-state index in [-0.39, 0.29) is 26.2 Å². The Labute approximate surface area is 110 Å². The highest BCUT2D eigenvalue weighted by Crippen LogP contribution is 1.77. The van der Waals surface area contributed by atoms with Crippen LogP contribution in [0.3, 0.4) is 0 Å². The Kier molecular flexibility index (Phi) is 8.71. The predicted octanol–water partition coefficient (Wildman–Crippen LogP) is -3.54. The van der Waals surface area contributed by atoms with Crippen molar-refractivity contribution in [2.45, 2.75) is 13.0 Å². The van der Waals surface area contributed by atoms with Crippen molar-refractivity contribution in [1.82, 2.24) is 21.3 Å².